The van der Waals surface area contributed by atoms with Gasteiger partial charge in [-0.3, -0.25) is 4.79 Å². The number of nitrogens with zero attached hydrogens (tertiary/aromatic N) is 1. The summed E-state index contributed by atoms with van der Waals surface area (Å²) in [5.41, 5.74) is 1.96. The van der Waals surface area contributed by atoms with Gasteiger partial charge in [-0.25, -0.2) is 0 Å². The van der Waals surface area contributed by atoms with Gasteiger partial charge in [0.2, 0.25) is 0 Å². The number of hydrogen-bond donors (Lipinski definition) is 0. The number of carbonyl (C=O) groups excluding carboxylic acids is 1. The highest BCUT2D eigenvalue weighted by Gasteiger charge is 2.45. The summed E-state index contributed by atoms with van der Waals surface area (Å²) in [4.78, 5) is 15.6. The van der Waals surface area contributed by atoms with Gasteiger partial charge in [-0.1, -0.05) is 73.8 Å². The Hall–Kier alpha value is -1.81. The zero-order valence-electron chi connectivity index (χ0n) is 17.6. The summed E-state index contributed by atoms with van der Waals surface area (Å²) in [7, 11) is 0. The molecule has 0 N–H and O–H groups in total. The Morgan fingerprint density at radius 2 is 1.83 bits per heavy atom. The van der Waals surface area contributed by atoms with Crippen molar-refractivity contribution in [2.75, 3.05) is 0 Å². The van der Waals surface area contributed by atoms with Gasteiger partial charge in [-0.05, 0) is 48.2 Å². The van der Waals surface area contributed by atoms with E-state index in [1.165, 1.54) is 0 Å². The van der Waals surface area contributed by atoms with E-state index in [-0.39, 0.29) is 24.1 Å². The summed E-state index contributed by atoms with van der Waals surface area (Å²) in [5, 5.41) is 1.31. The van der Waals surface area contributed by atoms with Crippen LogP contribution in [0.1, 0.15) is 62.8 Å². The molecule has 3 rings (SSSR count). The molecule has 4 atom stereocenters. The van der Waals surface area contributed by atoms with Gasteiger partial charge in [0, 0.05) is 22.5 Å². The smallest absolute Gasteiger partial charge is 0.252 e. The average Bonchev–Trinajstić information content (AvgIpc) is 2.74. The van der Waals surface area contributed by atoms with Crippen molar-refractivity contribution in [2.45, 2.75) is 63.8 Å². The zero-order chi connectivity index (χ0) is 21.7. The van der Waals surface area contributed by atoms with Gasteiger partial charge in [-0.2, -0.15) is 0 Å². The molecule has 0 radical (unpaired) electrons. The molecular weight excluding hydrogens is 417 g/mol. The zero-order valence-corrected chi connectivity index (χ0v) is 19.1. The van der Waals surface area contributed by atoms with E-state index in [4.69, 9.17) is 27.9 Å². The van der Waals surface area contributed by atoms with Crippen LogP contribution in [0.2, 0.25) is 10.0 Å². The first-order valence-corrected chi connectivity index (χ1v) is 11.3. The van der Waals surface area contributed by atoms with Crippen LogP contribution < -0.4 is 0 Å². The molecule has 2 aromatic carbocycles. The molecule has 0 aromatic heterocycles. The van der Waals surface area contributed by atoms with E-state index in [0.717, 1.165) is 30.4 Å². The lowest BCUT2D eigenvalue weighted by molar-refractivity contribution is -0.179. The Morgan fingerprint density at radius 3 is 2.43 bits per heavy atom. The van der Waals surface area contributed by atoms with Gasteiger partial charge >= 0.3 is 0 Å². The maximum atomic E-state index is 13.6. The maximum absolute atomic E-state index is 13.6. The predicted octanol–water partition coefficient (Wildman–Crippen LogP) is 7.16. The average molecular weight is 446 g/mol. The van der Waals surface area contributed by atoms with Gasteiger partial charge in [0.25, 0.3) is 5.91 Å². The number of halogens is 2. The van der Waals surface area contributed by atoms with E-state index in [1.807, 2.05) is 48.5 Å². The lowest BCUT2D eigenvalue weighted by Gasteiger charge is -2.48. The quantitative estimate of drug-likeness (QED) is 0.403. The summed E-state index contributed by atoms with van der Waals surface area (Å²) >= 11 is 12.5. The molecule has 0 aliphatic carbocycles. The fourth-order valence-corrected chi connectivity index (χ4v) is 4.61. The van der Waals surface area contributed by atoms with Crippen LogP contribution in [0.15, 0.2) is 61.2 Å². The molecule has 30 heavy (non-hydrogen) atoms. The fraction of sp³-hybridized carbons (Fsp3) is 0.400. The van der Waals surface area contributed by atoms with E-state index < -0.39 is 6.10 Å². The highest BCUT2D eigenvalue weighted by molar-refractivity contribution is 6.30. The van der Waals surface area contributed by atoms with Crippen molar-refractivity contribution in [3.05, 3.63) is 82.4 Å². The highest BCUT2D eigenvalue weighted by Crippen LogP contribution is 2.45. The molecular formula is C25H29Cl2NO2. The van der Waals surface area contributed by atoms with E-state index in [0.29, 0.717) is 16.5 Å². The monoisotopic (exact) mass is 445 g/mol. The minimum atomic E-state index is -0.555. The van der Waals surface area contributed by atoms with Crippen molar-refractivity contribution in [3.8, 4) is 0 Å². The van der Waals surface area contributed by atoms with Gasteiger partial charge in [0.15, 0.2) is 0 Å². The van der Waals surface area contributed by atoms with Gasteiger partial charge < -0.3 is 9.64 Å². The molecule has 5 heteroatoms. The number of ether oxygens (including phenoxy) is 1. The SMILES string of the molecule is C=CC[C@H]1O[C@H](c2cccc(Cl)c2)[C@H](c2ccc(Cl)cc2)N([C@@H](CC)CCC)C1=O. The van der Waals surface area contributed by atoms with Crippen molar-refractivity contribution in [3.63, 3.8) is 0 Å². The molecule has 1 heterocycles. The van der Waals surface area contributed by atoms with E-state index >= 15 is 0 Å². The van der Waals surface area contributed by atoms with Crippen LogP contribution in [0.25, 0.3) is 0 Å². The summed E-state index contributed by atoms with van der Waals surface area (Å²) in [6.07, 6.45) is 4.16. The Morgan fingerprint density at radius 1 is 1.10 bits per heavy atom. The van der Waals surface area contributed by atoms with Gasteiger partial charge in [0.1, 0.15) is 12.2 Å². The predicted molar refractivity (Wildman–Crippen MR) is 124 cm³/mol. The third kappa shape index (κ3) is 4.91. The minimum absolute atomic E-state index is 0.0217. The van der Waals surface area contributed by atoms with Crippen LogP contribution in [-0.2, 0) is 9.53 Å². The Labute approximate surface area is 189 Å². The first kappa shape index (κ1) is 22.9. The van der Waals surface area contributed by atoms with E-state index in [1.54, 1.807) is 6.08 Å². The molecule has 0 spiro atoms. The van der Waals surface area contributed by atoms with Crippen LogP contribution in [0.5, 0.6) is 0 Å². The molecule has 1 aliphatic rings. The summed E-state index contributed by atoms with van der Waals surface area (Å²) in [5.74, 6) is 0.0217. The molecule has 160 valence electrons. The molecule has 1 fully saturated rings. The fourth-order valence-electron chi connectivity index (χ4n) is 4.29. The number of amides is 1. The molecule has 0 bridgehead atoms. The minimum Gasteiger partial charge on any atom is -0.358 e. The third-order valence-electron chi connectivity index (χ3n) is 5.68. The van der Waals surface area contributed by atoms with Crippen LogP contribution in [0, 0.1) is 0 Å². The molecule has 2 aromatic rings. The third-order valence-corrected chi connectivity index (χ3v) is 6.17. The molecule has 3 nitrogen and oxygen atoms in total. The topological polar surface area (TPSA) is 29.5 Å². The lowest BCUT2D eigenvalue weighted by atomic mass is 9.88. The second-order valence-corrected chi connectivity index (χ2v) is 8.59. The van der Waals surface area contributed by atoms with Crippen molar-refractivity contribution < 1.29 is 9.53 Å². The van der Waals surface area contributed by atoms with Crippen LogP contribution in [0.4, 0.5) is 0 Å². The van der Waals surface area contributed by atoms with Crippen molar-refractivity contribution in [1.82, 2.24) is 4.90 Å². The molecule has 1 amide bonds. The van der Waals surface area contributed by atoms with Crippen LogP contribution >= 0.6 is 23.2 Å². The summed E-state index contributed by atoms with van der Waals surface area (Å²) in [6.45, 7) is 8.12. The first-order valence-electron chi connectivity index (χ1n) is 10.6. The second kappa shape index (κ2) is 10.5. The molecule has 0 saturated carbocycles. The van der Waals surface area contributed by atoms with E-state index in [9.17, 15) is 4.79 Å². The first-order chi connectivity index (χ1) is 14.5. The number of carbonyl (C=O) groups is 1. The number of rotatable bonds is 8. The Kier molecular flexibility index (Phi) is 7.99. The van der Waals surface area contributed by atoms with Crippen LogP contribution in [-0.4, -0.2) is 23.0 Å². The molecule has 1 saturated heterocycles. The summed E-state index contributed by atoms with van der Waals surface area (Å²) in [6, 6.07) is 15.3. The number of hydrogen-bond acceptors (Lipinski definition) is 2. The molecule has 1 aliphatic heterocycles. The van der Waals surface area contributed by atoms with Crippen molar-refractivity contribution in [2.24, 2.45) is 0 Å². The maximum Gasteiger partial charge on any atom is 0.252 e. The van der Waals surface area contributed by atoms with Gasteiger partial charge in [0.05, 0.1) is 6.04 Å². The van der Waals surface area contributed by atoms with E-state index in [2.05, 4.69) is 25.3 Å². The normalized spacial score (nSPS) is 22.7. The van der Waals surface area contributed by atoms with Crippen molar-refractivity contribution >= 4 is 29.1 Å². The Balaban J connectivity index is 2.16. The summed E-state index contributed by atoms with van der Waals surface area (Å²) < 4.78 is 6.43. The largest absolute Gasteiger partial charge is 0.358 e. The standard InChI is InChI=1S/C25H29Cl2NO2/c1-4-8-21(6-3)28-23(17-12-14-19(26)15-13-17)24(18-10-7-11-20(27)16-18)30-22(9-5-2)25(28)29/h5,7,10-16,21-24H,2,4,6,8-9H2,1,3H3/t21-,22+,23-,24+/m0/s1. The lowest BCUT2D eigenvalue weighted by Crippen LogP contribution is -2.54. The Bertz CT molecular complexity index is 868. The van der Waals surface area contributed by atoms with Crippen molar-refractivity contribution in [1.29, 1.82) is 0 Å². The van der Waals surface area contributed by atoms with Crippen LogP contribution in [0.3, 0.4) is 0 Å². The highest BCUT2D eigenvalue weighted by atomic mass is 35.5. The van der Waals surface area contributed by atoms with Gasteiger partial charge in [-0.15, -0.1) is 6.58 Å². The second-order valence-electron chi connectivity index (χ2n) is 7.72. The number of benzene rings is 2. The molecule has 0 unspecified atom stereocenters. The number of morpholine rings is 1.